The van der Waals surface area contributed by atoms with Crippen LogP contribution in [-0.2, 0) is 0 Å². The van der Waals surface area contributed by atoms with Crippen molar-refractivity contribution in [3.05, 3.63) is 29.6 Å². The highest BCUT2D eigenvalue weighted by Gasteiger charge is 2.23. The summed E-state index contributed by atoms with van der Waals surface area (Å²) in [6.45, 7) is 3.31. The minimum atomic E-state index is -0.0759. The molecule has 0 bridgehead atoms. The molecule has 1 aliphatic rings. The number of pyridine rings is 1. The van der Waals surface area contributed by atoms with Crippen LogP contribution in [0.5, 0.6) is 0 Å². The molecule has 0 saturated heterocycles. The number of hydrogen-bond acceptors (Lipinski definition) is 3. The third kappa shape index (κ3) is 3.82. The molecule has 1 aliphatic carbocycles. The Kier molecular flexibility index (Phi) is 5.14. The van der Waals surface area contributed by atoms with Gasteiger partial charge in [-0.1, -0.05) is 31.6 Å². The van der Waals surface area contributed by atoms with E-state index in [0.29, 0.717) is 23.9 Å². The van der Waals surface area contributed by atoms with E-state index in [0.717, 1.165) is 12.1 Å². The van der Waals surface area contributed by atoms with Crippen LogP contribution in [-0.4, -0.2) is 24.0 Å². The van der Waals surface area contributed by atoms with E-state index in [1.807, 2.05) is 0 Å². The van der Waals surface area contributed by atoms with E-state index in [1.54, 1.807) is 18.5 Å². The molecule has 2 atom stereocenters. The van der Waals surface area contributed by atoms with E-state index >= 15 is 0 Å². The van der Waals surface area contributed by atoms with Gasteiger partial charge in [0.25, 0.3) is 5.91 Å². The van der Waals surface area contributed by atoms with Crippen molar-refractivity contribution in [3.63, 3.8) is 0 Å². The molecule has 1 amide bonds. The second-order valence-electron chi connectivity index (χ2n) is 5.35. The number of hydrogen-bond donors (Lipinski definition) is 2. The van der Waals surface area contributed by atoms with E-state index in [4.69, 9.17) is 5.73 Å². The third-order valence-electron chi connectivity index (χ3n) is 3.90. The van der Waals surface area contributed by atoms with Gasteiger partial charge in [-0.25, -0.2) is 0 Å². The summed E-state index contributed by atoms with van der Waals surface area (Å²) in [6.07, 6.45) is 6.96. The number of aromatic nitrogens is 1. The van der Waals surface area contributed by atoms with Gasteiger partial charge in [0.1, 0.15) is 0 Å². The zero-order valence-electron chi connectivity index (χ0n) is 11.9. The van der Waals surface area contributed by atoms with Crippen LogP contribution < -0.4 is 11.1 Å². The summed E-state index contributed by atoms with van der Waals surface area (Å²) in [6, 6.07) is 1.75. The van der Waals surface area contributed by atoms with Gasteiger partial charge in [0, 0.05) is 24.5 Å². The number of carbonyl (C=O) groups is 1. The average molecular weight is 271 g/mol. The van der Waals surface area contributed by atoms with Crippen molar-refractivity contribution in [1.82, 2.24) is 10.3 Å². The largest absolute Gasteiger partial charge is 0.352 e. The predicted octanol–water partition coefficient (Wildman–Crippen LogP) is 1.56. The monoisotopic (exact) mass is 271 g/mol. The van der Waals surface area contributed by atoms with Crippen LogP contribution in [0.15, 0.2) is 18.5 Å². The maximum atomic E-state index is 12.1. The molecule has 0 spiro atoms. The number of amides is 1. The van der Waals surface area contributed by atoms with Gasteiger partial charge in [-0.05, 0) is 24.3 Å². The lowest BCUT2D eigenvalue weighted by molar-refractivity contribution is 0.0944. The summed E-state index contributed by atoms with van der Waals surface area (Å²) < 4.78 is 0. The second-order valence-corrected chi connectivity index (χ2v) is 5.35. The Morgan fingerprint density at radius 1 is 1.50 bits per heavy atom. The zero-order chi connectivity index (χ0) is 14.4. The van der Waals surface area contributed by atoms with Crippen LogP contribution in [0.2, 0.25) is 0 Å². The molecule has 2 rings (SSSR count). The van der Waals surface area contributed by atoms with E-state index in [-0.39, 0.29) is 5.91 Å². The Hall–Kier alpha value is -1.86. The molecule has 1 aromatic rings. The summed E-state index contributed by atoms with van der Waals surface area (Å²) in [5.41, 5.74) is 6.61. The SMILES string of the molecule is CC1CCCC1CNC(=O)c1cncc(C#CCN)c1. The molecule has 0 aromatic carbocycles. The summed E-state index contributed by atoms with van der Waals surface area (Å²) in [5, 5.41) is 3.00. The maximum Gasteiger partial charge on any atom is 0.252 e. The molecular weight excluding hydrogens is 250 g/mol. The molecule has 1 saturated carbocycles. The number of nitrogens with one attached hydrogen (secondary N) is 1. The first kappa shape index (κ1) is 14.5. The number of nitrogens with two attached hydrogens (primary N) is 1. The van der Waals surface area contributed by atoms with Crippen molar-refractivity contribution in [3.8, 4) is 11.8 Å². The fraction of sp³-hybridized carbons (Fsp3) is 0.500. The average Bonchev–Trinajstić information content (AvgIpc) is 2.88. The first-order valence-corrected chi connectivity index (χ1v) is 7.13. The summed E-state index contributed by atoms with van der Waals surface area (Å²) in [7, 11) is 0. The van der Waals surface area contributed by atoms with Gasteiger partial charge >= 0.3 is 0 Å². The quantitative estimate of drug-likeness (QED) is 0.820. The molecule has 0 radical (unpaired) electrons. The van der Waals surface area contributed by atoms with Crippen molar-refractivity contribution in [2.24, 2.45) is 17.6 Å². The number of nitrogens with zero attached hydrogens (tertiary/aromatic N) is 1. The molecule has 106 valence electrons. The van der Waals surface area contributed by atoms with Gasteiger partial charge in [0.05, 0.1) is 12.1 Å². The highest BCUT2D eigenvalue weighted by molar-refractivity contribution is 5.94. The van der Waals surface area contributed by atoms with E-state index < -0.39 is 0 Å². The van der Waals surface area contributed by atoms with Crippen LogP contribution in [0.4, 0.5) is 0 Å². The molecule has 4 heteroatoms. The Labute approximate surface area is 120 Å². The highest BCUT2D eigenvalue weighted by atomic mass is 16.1. The first-order chi connectivity index (χ1) is 9.70. The van der Waals surface area contributed by atoms with E-state index in [9.17, 15) is 4.79 Å². The molecule has 20 heavy (non-hydrogen) atoms. The highest BCUT2D eigenvalue weighted by Crippen LogP contribution is 2.30. The Morgan fingerprint density at radius 2 is 2.35 bits per heavy atom. The second kappa shape index (κ2) is 7.06. The lowest BCUT2D eigenvalue weighted by atomic mass is 9.98. The lowest BCUT2D eigenvalue weighted by Gasteiger charge is -2.15. The van der Waals surface area contributed by atoms with Gasteiger partial charge in [0.15, 0.2) is 0 Å². The molecule has 0 aliphatic heterocycles. The van der Waals surface area contributed by atoms with Gasteiger partial charge in [0.2, 0.25) is 0 Å². The predicted molar refractivity (Wildman–Crippen MR) is 79.0 cm³/mol. The number of carbonyl (C=O) groups excluding carboxylic acids is 1. The topological polar surface area (TPSA) is 68.0 Å². The maximum absolute atomic E-state index is 12.1. The van der Waals surface area contributed by atoms with Crippen LogP contribution in [0.3, 0.4) is 0 Å². The Morgan fingerprint density at radius 3 is 3.05 bits per heavy atom. The zero-order valence-corrected chi connectivity index (χ0v) is 11.9. The van der Waals surface area contributed by atoms with Crippen LogP contribution in [0.25, 0.3) is 0 Å². The minimum absolute atomic E-state index is 0.0759. The molecule has 1 heterocycles. The Balaban J connectivity index is 1.95. The molecule has 3 N–H and O–H groups in total. The van der Waals surface area contributed by atoms with E-state index in [2.05, 4.69) is 29.1 Å². The smallest absolute Gasteiger partial charge is 0.252 e. The molecule has 1 aromatic heterocycles. The van der Waals surface area contributed by atoms with Crippen LogP contribution in [0, 0.1) is 23.7 Å². The Bertz CT molecular complexity index is 530. The molecular formula is C16H21N3O. The summed E-state index contributed by atoms with van der Waals surface area (Å²) in [5.74, 6) is 6.88. The van der Waals surface area contributed by atoms with Crippen LogP contribution in [0.1, 0.15) is 42.1 Å². The molecule has 4 nitrogen and oxygen atoms in total. The standard InChI is InChI=1S/C16H21N3O/c1-12-4-2-6-14(12)11-19-16(20)15-8-13(5-3-7-17)9-18-10-15/h8-10,12,14H,2,4,6-7,11,17H2,1H3,(H,19,20). The van der Waals surface area contributed by atoms with Gasteiger partial charge < -0.3 is 11.1 Å². The lowest BCUT2D eigenvalue weighted by Crippen LogP contribution is -2.30. The van der Waals surface area contributed by atoms with Crippen molar-refractivity contribution in [2.45, 2.75) is 26.2 Å². The molecule has 2 unspecified atom stereocenters. The normalized spacial score (nSPS) is 21.1. The first-order valence-electron chi connectivity index (χ1n) is 7.13. The fourth-order valence-electron chi connectivity index (χ4n) is 2.64. The summed E-state index contributed by atoms with van der Waals surface area (Å²) >= 11 is 0. The van der Waals surface area contributed by atoms with Crippen LogP contribution >= 0.6 is 0 Å². The van der Waals surface area contributed by atoms with E-state index in [1.165, 1.54) is 19.3 Å². The van der Waals surface area contributed by atoms with Crippen molar-refractivity contribution in [2.75, 3.05) is 13.1 Å². The van der Waals surface area contributed by atoms with Crippen molar-refractivity contribution >= 4 is 5.91 Å². The van der Waals surface area contributed by atoms with Gasteiger partial charge in [-0.3, -0.25) is 9.78 Å². The molecule has 1 fully saturated rings. The minimum Gasteiger partial charge on any atom is -0.352 e. The van der Waals surface area contributed by atoms with Gasteiger partial charge in [-0.2, -0.15) is 0 Å². The van der Waals surface area contributed by atoms with Gasteiger partial charge in [-0.15, -0.1) is 0 Å². The third-order valence-corrected chi connectivity index (χ3v) is 3.90. The summed E-state index contributed by atoms with van der Waals surface area (Å²) in [4.78, 5) is 16.2. The fourth-order valence-corrected chi connectivity index (χ4v) is 2.64. The van der Waals surface area contributed by atoms with Crippen molar-refractivity contribution < 1.29 is 4.79 Å². The number of rotatable bonds is 3. The van der Waals surface area contributed by atoms with Crippen molar-refractivity contribution in [1.29, 1.82) is 0 Å².